The molecule has 0 aliphatic rings. The zero-order valence-corrected chi connectivity index (χ0v) is 9.05. The van der Waals surface area contributed by atoms with Gasteiger partial charge in [0.25, 0.3) is 0 Å². The number of hydrogen-bond acceptors (Lipinski definition) is 2. The van der Waals surface area contributed by atoms with Gasteiger partial charge in [0.1, 0.15) is 0 Å². The molecule has 12 heavy (non-hydrogen) atoms. The molecule has 0 saturated carbocycles. The normalized spacial score (nSPS) is 16.5. The van der Waals surface area contributed by atoms with Crippen molar-refractivity contribution < 1.29 is 4.74 Å². The van der Waals surface area contributed by atoms with Crippen molar-refractivity contribution in [3.63, 3.8) is 0 Å². The Labute approximate surface area is 76.7 Å². The molecule has 2 unspecified atom stereocenters. The second-order valence-electron chi connectivity index (χ2n) is 3.78. The van der Waals surface area contributed by atoms with Crippen LogP contribution in [0.5, 0.6) is 0 Å². The third-order valence-corrected chi connectivity index (χ3v) is 2.26. The molecule has 0 heterocycles. The Morgan fingerprint density at radius 3 is 2.17 bits per heavy atom. The topological polar surface area (TPSA) is 21.3 Å². The number of ether oxygens (including phenoxy) is 1. The first-order valence-electron chi connectivity index (χ1n) is 4.86. The predicted molar refractivity (Wildman–Crippen MR) is 53.4 cm³/mol. The van der Waals surface area contributed by atoms with Crippen molar-refractivity contribution >= 4 is 0 Å². The van der Waals surface area contributed by atoms with E-state index in [4.69, 9.17) is 4.74 Å². The Bertz CT molecular complexity index is 104. The van der Waals surface area contributed by atoms with E-state index in [-0.39, 0.29) is 0 Å². The third-order valence-electron chi connectivity index (χ3n) is 2.26. The summed E-state index contributed by atoms with van der Waals surface area (Å²) in [4.78, 5) is 0. The molecule has 1 N–H and O–H groups in total. The summed E-state index contributed by atoms with van der Waals surface area (Å²) in [6.45, 7) is 9.66. The Hall–Kier alpha value is -0.0800. The highest BCUT2D eigenvalue weighted by molar-refractivity contribution is 4.73. The van der Waals surface area contributed by atoms with Gasteiger partial charge in [0.15, 0.2) is 0 Å². The summed E-state index contributed by atoms with van der Waals surface area (Å²) in [5.74, 6) is 0.638. The van der Waals surface area contributed by atoms with Gasteiger partial charge in [-0.05, 0) is 19.3 Å². The minimum absolute atomic E-state index is 0.491. The van der Waals surface area contributed by atoms with Gasteiger partial charge in [-0.15, -0.1) is 0 Å². The van der Waals surface area contributed by atoms with Crippen LogP contribution in [0, 0.1) is 5.92 Å². The molecule has 0 fully saturated rings. The fourth-order valence-electron chi connectivity index (χ4n) is 1.10. The van der Waals surface area contributed by atoms with Crippen LogP contribution in [-0.2, 0) is 4.74 Å². The van der Waals surface area contributed by atoms with Gasteiger partial charge in [0, 0.05) is 19.2 Å². The van der Waals surface area contributed by atoms with Crippen LogP contribution in [0.25, 0.3) is 0 Å². The van der Waals surface area contributed by atoms with Crippen LogP contribution >= 0.6 is 0 Å². The van der Waals surface area contributed by atoms with Gasteiger partial charge in [-0.2, -0.15) is 0 Å². The molecule has 0 aromatic heterocycles. The number of nitrogens with one attached hydrogen (secondary N) is 1. The van der Waals surface area contributed by atoms with E-state index in [0.717, 1.165) is 6.61 Å². The molecule has 2 atom stereocenters. The first-order valence-corrected chi connectivity index (χ1v) is 4.86. The van der Waals surface area contributed by atoms with Gasteiger partial charge in [-0.25, -0.2) is 0 Å². The third kappa shape index (κ3) is 4.73. The lowest BCUT2D eigenvalue weighted by Gasteiger charge is -2.25. The lowest BCUT2D eigenvalue weighted by molar-refractivity contribution is 0.141. The molecule has 0 amide bonds. The van der Waals surface area contributed by atoms with Gasteiger partial charge < -0.3 is 10.1 Å². The van der Waals surface area contributed by atoms with E-state index in [0.29, 0.717) is 18.0 Å². The van der Waals surface area contributed by atoms with Crippen molar-refractivity contribution in [1.82, 2.24) is 5.32 Å². The smallest absolute Gasteiger partial charge is 0.0618 e. The molecule has 0 aliphatic carbocycles. The van der Waals surface area contributed by atoms with Crippen molar-refractivity contribution in [3.8, 4) is 0 Å². The number of rotatable bonds is 6. The molecule has 0 aliphatic heterocycles. The summed E-state index contributed by atoms with van der Waals surface area (Å²) in [7, 11) is 1.76. The first kappa shape index (κ1) is 11.9. The number of methoxy groups -OCH3 is 1. The van der Waals surface area contributed by atoms with Crippen LogP contribution < -0.4 is 5.32 Å². The van der Waals surface area contributed by atoms with Crippen LogP contribution in [-0.4, -0.2) is 25.8 Å². The summed E-state index contributed by atoms with van der Waals surface area (Å²) in [5, 5.41) is 3.54. The lowest BCUT2D eigenvalue weighted by Crippen LogP contribution is -2.42. The molecular weight excluding hydrogens is 150 g/mol. The van der Waals surface area contributed by atoms with E-state index in [1.807, 2.05) is 0 Å². The zero-order chi connectivity index (χ0) is 9.56. The van der Waals surface area contributed by atoms with Crippen LogP contribution in [0.4, 0.5) is 0 Å². The fourth-order valence-corrected chi connectivity index (χ4v) is 1.10. The minimum atomic E-state index is 0.491. The molecule has 74 valence electrons. The Morgan fingerprint density at radius 1 is 1.25 bits per heavy atom. The maximum absolute atomic E-state index is 5.15. The second-order valence-corrected chi connectivity index (χ2v) is 3.78. The Morgan fingerprint density at radius 2 is 1.83 bits per heavy atom. The first-order chi connectivity index (χ1) is 5.61. The van der Waals surface area contributed by atoms with E-state index < -0.39 is 0 Å². The molecule has 0 rings (SSSR count). The minimum Gasteiger partial charge on any atom is -0.383 e. The predicted octanol–water partition coefficient (Wildman–Crippen LogP) is 2.05. The van der Waals surface area contributed by atoms with Crippen LogP contribution in [0.2, 0.25) is 0 Å². The second kappa shape index (κ2) is 6.44. The van der Waals surface area contributed by atoms with Crippen molar-refractivity contribution in [2.75, 3.05) is 13.7 Å². The van der Waals surface area contributed by atoms with Gasteiger partial charge in [-0.1, -0.05) is 20.8 Å². The van der Waals surface area contributed by atoms with Gasteiger partial charge in [0.05, 0.1) is 6.61 Å². The highest BCUT2D eigenvalue weighted by Gasteiger charge is 2.14. The molecule has 0 spiro atoms. The average molecular weight is 173 g/mol. The van der Waals surface area contributed by atoms with Crippen LogP contribution in [0.15, 0.2) is 0 Å². The summed E-state index contributed by atoms with van der Waals surface area (Å²) in [5.41, 5.74) is 0. The Kier molecular flexibility index (Phi) is 6.39. The van der Waals surface area contributed by atoms with Crippen LogP contribution in [0.1, 0.15) is 34.1 Å². The Balaban J connectivity index is 3.77. The fraction of sp³-hybridized carbons (Fsp3) is 1.00. The van der Waals surface area contributed by atoms with E-state index in [9.17, 15) is 0 Å². The highest BCUT2D eigenvalue weighted by Crippen LogP contribution is 2.04. The zero-order valence-electron chi connectivity index (χ0n) is 9.05. The molecule has 0 saturated heterocycles. The van der Waals surface area contributed by atoms with E-state index in [2.05, 4.69) is 33.0 Å². The van der Waals surface area contributed by atoms with E-state index in [1.165, 1.54) is 6.42 Å². The molecule has 2 nitrogen and oxygen atoms in total. The summed E-state index contributed by atoms with van der Waals surface area (Å²) in [6.07, 6.45) is 1.17. The summed E-state index contributed by atoms with van der Waals surface area (Å²) < 4.78 is 5.15. The van der Waals surface area contributed by atoms with Crippen molar-refractivity contribution in [2.45, 2.75) is 46.2 Å². The van der Waals surface area contributed by atoms with E-state index >= 15 is 0 Å². The average Bonchev–Trinajstić information content (AvgIpc) is 2.03. The van der Waals surface area contributed by atoms with Crippen molar-refractivity contribution in [3.05, 3.63) is 0 Å². The largest absolute Gasteiger partial charge is 0.383 e. The monoisotopic (exact) mass is 173 g/mol. The van der Waals surface area contributed by atoms with E-state index in [1.54, 1.807) is 7.11 Å². The maximum Gasteiger partial charge on any atom is 0.0618 e. The summed E-state index contributed by atoms with van der Waals surface area (Å²) >= 11 is 0. The molecule has 0 aromatic carbocycles. The molecule has 0 bridgehead atoms. The SMILES string of the molecule is CCC(C)NC(COC)C(C)C. The molecule has 0 radical (unpaired) electrons. The highest BCUT2D eigenvalue weighted by atomic mass is 16.5. The molecule has 2 heteroatoms. The van der Waals surface area contributed by atoms with Crippen molar-refractivity contribution in [1.29, 1.82) is 0 Å². The van der Waals surface area contributed by atoms with Gasteiger partial charge in [-0.3, -0.25) is 0 Å². The van der Waals surface area contributed by atoms with Gasteiger partial charge in [0.2, 0.25) is 0 Å². The number of hydrogen-bond donors (Lipinski definition) is 1. The summed E-state index contributed by atoms with van der Waals surface area (Å²) in [6, 6.07) is 1.08. The quantitative estimate of drug-likeness (QED) is 0.663. The lowest BCUT2D eigenvalue weighted by atomic mass is 10.0. The van der Waals surface area contributed by atoms with Crippen LogP contribution in [0.3, 0.4) is 0 Å². The molecular formula is C10H23NO. The standard InChI is InChI=1S/C10H23NO/c1-6-9(4)11-10(7-12-5)8(2)3/h8-11H,6-7H2,1-5H3. The maximum atomic E-state index is 5.15. The van der Waals surface area contributed by atoms with Crippen molar-refractivity contribution in [2.24, 2.45) is 5.92 Å². The van der Waals surface area contributed by atoms with Gasteiger partial charge >= 0.3 is 0 Å². The molecule has 0 aromatic rings.